The molecule has 1 N–H and O–H groups in total. The van der Waals surface area contributed by atoms with Crippen LogP contribution in [0.15, 0.2) is 41.0 Å². The van der Waals surface area contributed by atoms with Crippen LogP contribution in [0.5, 0.6) is 0 Å². The summed E-state index contributed by atoms with van der Waals surface area (Å²) in [5, 5.41) is 8.80. The topological polar surface area (TPSA) is 45.5 Å². The van der Waals surface area contributed by atoms with Crippen molar-refractivity contribution < 1.29 is 0 Å². The molecule has 0 radical (unpaired) electrons. The third-order valence-corrected chi connectivity index (χ3v) is 6.70. The van der Waals surface area contributed by atoms with E-state index in [1.54, 1.807) is 6.20 Å². The second kappa shape index (κ2) is 12.1. The molecule has 0 saturated carbocycles. The van der Waals surface area contributed by atoms with E-state index in [-0.39, 0.29) is 0 Å². The van der Waals surface area contributed by atoms with Crippen LogP contribution in [-0.2, 0) is 0 Å². The monoisotopic (exact) mass is 523 g/mol. The van der Waals surface area contributed by atoms with Crippen LogP contribution in [0.2, 0.25) is 5.02 Å². The van der Waals surface area contributed by atoms with Crippen molar-refractivity contribution in [1.82, 2.24) is 19.5 Å². The summed E-state index contributed by atoms with van der Waals surface area (Å²) < 4.78 is 2.72. The van der Waals surface area contributed by atoms with Crippen molar-refractivity contribution in [3.8, 4) is 11.3 Å². The Balaban J connectivity index is 0.00000132. The first kappa shape index (κ1) is 24.4. The summed E-state index contributed by atoms with van der Waals surface area (Å²) >= 11 is 14.3. The van der Waals surface area contributed by atoms with Crippen LogP contribution in [0.1, 0.15) is 33.1 Å². The average molecular weight is 525 g/mol. The standard InChI is InChI=1S/C21H25BrClN5S.C2H6/c22-17-14-25-28-20(24-13-15-6-9-27(10-7-15)8-3-11-29)12-19(26-21(17)28)16-4-1-2-5-18(16)23;1-2/h1-2,4-5,12,14-15,24,29H,3,6-11,13H2;1-2H3. The molecule has 0 spiro atoms. The number of hydrogen-bond acceptors (Lipinski definition) is 5. The van der Waals surface area contributed by atoms with E-state index in [1.807, 2.05) is 48.7 Å². The Morgan fingerprint density at radius 3 is 2.68 bits per heavy atom. The maximum atomic E-state index is 6.42. The molecular formula is C23H31BrClN5S. The van der Waals surface area contributed by atoms with Gasteiger partial charge < -0.3 is 10.2 Å². The van der Waals surface area contributed by atoms with Gasteiger partial charge in [-0.1, -0.05) is 43.6 Å². The number of nitrogens with zero attached hydrogens (tertiary/aromatic N) is 4. The lowest BCUT2D eigenvalue weighted by Crippen LogP contribution is -2.36. The lowest BCUT2D eigenvalue weighted by atomic mass is 9.96. The fraction of sp³-hybridized carbons (Fsp3) is 0.478. The van der Waals surface area contributed by atoms with Crippen molar-refractivity contribution >= 4 is 51.6 Å². The van der Waals surface area contributed by atoms with Gasteiger partial charge in [0.15, 0.2) is 5.65 Å². The SMILES string of the molecule is CC.SCCCN1CCC(CNc2cc(-c3ccccc3Cl)nc3c(Br)cnn23)CC1. The van der Waals surface area contributed by atoms with Gasteiger partial charge in [0.05, 0.1) is 16.4 Å². The summed E-state index contributed by atoms with van der Waals surface area (Å²) in [7, 11) is 0. The lowest BCUT2D eigenvalue weighted by molar-refractivity contribution is 0.190. The van der Waals surface area contributed by atoms with Gasteiger partial charge in [-0.05, 0) is 72.6 Å². The quantitative estimate of drug-likeness (QED) is 0.357. The van der Waals surface area contributed by atoms with E-state index in [0.717, 1.165) is 46.0 Å². The first-order valence-electron chi connectivity index (χ1n) is 11.0. The van der Waals surface area contributed by atoms with E-state index in [1.165, 1.54) is 32.4 Å². The minimum atomic E-state index is 0.660. The molecule has 0 amide bonds. The van der Waals surface area contributed by atoms with E-state index in [0.29, 0.717) is 10.9 Å². The molecule has 0 bridgehead atoms. The smallest absolute Gasteiger partial charge is 0.172 e. The molecule has 0 aliphatic carbocycles. The Labute approximate surface area is 204 Å². The summed E-state index contributed by atoms with van der Waals surface area (Å²) in [5.74, 6) is 2.56. The summed E-state index contributed by atoms with van der Waals surface area (Å²) in [5.41, 5.74) is 2.55. The molecule has 3 heterocycles. The van der Waals surface area contributed by atoms with Crippen LogP contribution >= 0.6 is 40.2 Å². The molecule has 2 aromatic heterocycles. The molecule has 0 unspecified atom stereocenters. The molecule has 1 saturated heterocycles. The molecule has 1 fully saturated rings. The first-order valence-corrected chi connectivity index (χ1v) is 12.8. The zero-order valence-electron chi connectivity index (χ0n) is 18.2. The highest BCUT2D eigenvalue weighted by molar-refractivity contribution is 9.10. The van der Waals surface area contributed by atoms with Gasteiger partial charge in [-0.25, -0.2) is 4.98 Å². The number of anilines is 1. The number of piperidine rings is 1. The number of thiol groups is 1. The molecule has 31 heavy (non-hydrogen) atoms. The van der Waals surface area contributed by atoms with Crippen LogP contribution in [-0.4, -0.2) is 51.4 Å². The summed E-state index contributed by atoms with van der Waals surface area (Å²) in [6.07, 6.45) is 5.38. The maximum absolute atomic E-state index is 6.42. The van der Waals surface area contributed by atoms with E-state index in [4.69, 9.17) is 16.6 Å². The number of rotatable bonds is 7. The summed E-state index contributed by atoms with van der Waals surface area (Å²) in [6, 6.07) is 9.84. The number of hydrogen-bond donors (Lipinski definition) is 2. The normalized spacial score (nSPS) is 15.0. The Morgan fingerprint density at radius 2 is 1.97 bits per heavy atom. The second-order valence-electron chi connectivity index (χ2n) is 7.48. The zero-order valence-corrected chi connectivity index (χ0v) is 21.4. The number of likely N-dealkylation sites (tertiary alicyclic amines) is 1. The van der Waals surface area contributed by atoms with Gasteiger partial charge >= 0.3 is 0 Å². The van der Waals surface area contributed by atoms with Crippen molar-refractivity contribution in [3.05, 3.63) is 46.0 Å². The highest BCUT2D eigenvalue weighted by atomic mass is 79.9. The average Bonchev–Trinajstić information content (AvgIpc) is 3.19. The molecule has 1 aliphatic rings. The number of aromatic nitrogens is 3. The summed E-state index contributed by atoms with van der Waals surface area (Å²) in [6.45, 7) is 8.43. The number of benzene rings is 1. The first-order chi connectivity index (χ1) is 15.2. The molecule has 5 nitrogen and oxygen atoms in total. The van der Waals surface area contributed by atoms with E-state index < -0.39 is 0 Å². The van der Waals surface area contributed by atoms with Crippen molar-refractivity contribution in [3.63, 3.8) is 0 Å². The third kappa shape index (κ3) is 6.15. The van der Waals surface area contributed by atoms with Crippen LogP contribution in [0.3, 0.4) is 0 Å². The van der Waals surface area contributed by atoms with Crippen molar-refractivity contribution in [2.75, 3.05) is 37.2 Å². The van der Waals surface area contributed by atoms with Gasteiger partial charge in [0.1, 0.15) is 5.82 Å². The van der Waals surface area contributed by atoms with E-state index >= 15 is 0 Å². The zero-order chi connectivity index (χ0) is 22.2. The van der Waals surface area contributed by atoms with Crippen LogP contribution in [0.4, 0.5) is 5.82 Å². The molecule has 8 heteroatoms. The van der Waals surface area contributed by atoms with Gasteiger partial charge in [-0.3, -0.25) is 0 Å². The maximum Gasteiger partial charge on any atom is 0.172 e. The van der Waals surface area contributed by atoms with Crippen LogP contribution in [0, 0.1) is 5.92 Å². The van der Waals surface area contributed by atoms with E-state index in [9.17, 15) is 0 Å². The van der Waals surface area contributed by atoms with Gasteiger partial charge in [0, 0.05) is 23.2 Å². The Hall–Kier alpha value is -1.28. The number of halogens is 2. The highest BCUT2D eigenvalue weighted by Gasteiger charge is 2.20. The Kier molecular flexibility index (Phi) is 9.50. The predicted octanol–water partition coefficient (Wildman–Crippen LogP) is 6.28. The molecule has 0 atom stereocenters. The van der Waals surface area contributed by atoms with E-state index in [2.05, 4.69) is 43.9 Å². The summed E-state index contributed by atoms with van der Waals surface area (Å²) in [4.78, 5) is 7.33. The molecule has 1 aromatic carbocycles. The molecule has 3 aromatic rings. The Morgan fingerprint density at radius 1 is 1.23 bits per heavy atom. The number of fused-ring (bicyclic) bond motifs is 1. The fourth-order valence-electron chi connectivity index (χ4n) is 3.83. The minimum absolute atomic E-state index is 0.660. The van der Waals surface area contributed by atoms with Gasteiger partial charge in [0.25, 0.3) is 0 Å². The molecular weight excluding hydrogens is 494 g/mol. The van der Waals surface area contributed by atoms with Gasteiger partial charge in [0.2, 0.25) is 0 Å². The number of nitrogens with one attached hydrogen (secondary N) is 1. The van der Waals surface area contributed by atoms with Crippen LogP contribution < -0.4 is 5.32 Å². The van der Waals surface area contributed by atoms with Gasteiger partial charge in [-0.15, -0.1) is 0 Å². The third-order valence-electron chi connectivity index (χ3n) is 5.49. The largest absolute Gasteiger partial charge is 0.370 e. The highest BCUT2D eigenvalue weighted by Crippen LogP contribution is 2.30. The predicted molar refractivity (Wildman–Crippen MR) is 139 cm³/mol. The second-order valence-corrected chi connectivity index (χ2v) is 9.19. The van der Waals surface area contributed by atoms with Crippen LogP contribution in [0.25, 0.3) is 16.9 Å². The van der Waals surface area contributed by atoms with Crippen molar-refractivity contribution in [2.45, 2.75) is 33.1 Å². The fourth-order valence-corrected chi connectivity index (χ4v) is 4.55. The lowest BCUT2D eigenvalue weighted by Gasteiger charge is -2.32. The minimum Gasteiger partial charge on any atom is -0.370 e. The molecule has 1 aliphatic heterocycles. The Bertz CT molecular complexity index is 972. The molecule has 168 valence electrons. The molecule has 4 rings (SSSR count). The van der Waals surface area contributed by atoms with Crippen molar-refractivity contribution in [2.24, 2.45) is 5.92 Å². The van der Waals surface area contributed by atoms with Gasteiger partial charge in [-0.2, -0.15) is 22.2 Å². The van der Waals surface area contributed by atoms with Crippen molar-refractivity contribution in [1.29, 1.82) is 0 Å².